The molecule has 0 spiro atoms. The van der Waals surface area contributed by atoms with Crippen molar-refractivity contribution in [2.24, 2.45) is 0 Å². The average Bonchev–Trinajstić information content (AvgIpc) is 2.83. The molecule has 2 aromatic heterocycles. The molecular formula is C13H17N5O2. The Morgan fingerprint density at radius 2 is 2.30 bits per heavy atom. The minimum atomic E-state index is -0.344. The lowest BCUT2D eigenvalue weighted by Gasteiger charge is -2.41. The number of amides is 1. The molecule has 0 aliphatic carbocycles. The number of hydrogen-bond donors (Lipinski definition) is 1. The summed E-state index contributed by atoms with van der Waals surface area (Å²) in [7, 11) is 0. The van der Waals surface area contributed by atoms with Crippen LogP contribution in [-0.2, 0) is 4.74 Å². The maximum atomic E-state index is 12.7. The minimum Gasteiger partial charge on any atom is -0.369 e. The number of nitrogens with zero attached hydrogens (tertiary/aromatic N) is 4. The zero-order valence-electron chi connectivity index (χ0n) is 11.8. The van der Waals surface area contributed by atoms with Gasteiger partial charge in [0.05, 0.1) is 17.3 Å². The number of hydrogen-bond acceptors (Lipinski definition) is 5. The number of aromatic amines is 1. The van der Waals surface area contributed by atoms with Crippen LogP contribution in [0.3, 0.4) is 0 Å². The van der Waals surface area contributed by atoms with E-state index in [0.29, 0.717) is 29.8 Å². The summed E-state index contributed by atoms with van der Waals surface area (Å²) in [6.07, 6.45) is 1.59. The monoisotopic (exact) mass is 275 g/mol. The Labute approximate surface area is 116 Å². The third-order valence-electron chi connectivity index (χ3n) is 3.31. The fraction of sp³-hybridized carbons (Fsp3) is 0.538. The zero-order chi connectivity index (χ0) is 14.3. The molecule has 7 heteroatoms. The fourth-order valence-corrected chi connectivity index (χ4v) is 2.71. The Morgan fingerprint density at radius 1 is 1.50 bits per heavy atom. The molecule has 1 fully saturated rings. The van der Waals surface area contributed by atoms with Gasteiger partial charge in [-0.2, -0.15) is 10.3 Å². The molecule has 106 valence electrons. The Morgan fingerprint density at radius 3 is 3.05 bits per heavy atom. The quantitative estimate of drug-likeness (QED) is 0.839. The highest BCUT2D eigenvalue weighted by Crippen LogP contribution is 2.23. The molecule has 1 amide bonds. The van der Waals surface area contributed by atoms with E-state index in [4.69, 9.17) is 4.74 Å². The summed E-state index contributed by atoms with van der Waals surface area (Å²) in [5.41, 5.74) is 1.14. The topological polar surface area (TPSA) is 84.0 Å². The van der Waals surface area contributed by atoms with Crippen LogP contribution in [0.15, 0.2) is 12.3 Å². The third kappa shape index (κ3) is 2.24. The SMILES string of the molecule is CC1CN(C(=O)c2ccnc3n[nH]nc23)CC(C)(C)O1. The molecule has 7 nitrogen and oxygen atoms in total. The van der Waals surface area contributed by atoms with Crippen molar-refractivity contribution in [2.75, 3.05) is 13.1 Å². The summed E-state index contributed by atoms with van der Waals surface area (Å²) >= 11 is 0. The number of rotatable bonds is 1. The number of carbonyl (C=O) groups is 1. The van der Waals surface area contributed by atoms with Gasteiger partial charge in [0.25, 0.3) is 5.91 Å². The number of nitrogens with one attached hydrogen (secondary N) is 1. The van der Waals surface area contributed by atoms with E-state index in [9.17, 15) is 4.79 Å². The molecule has 0 aromatic carbocycles. The Balaban J connectivity index is 1.94. The number of ether oxygens (including phenoxy) is 1. The van der Waals surface area contributed by atoms with Crippen LogP contribution >= 0.6 is 0 Å². The van der Waals surface area contributed by atoms with Crippen molar-refractivity contribution in [3.63, 3.8) is 0 Å². The van der Waals surface area contributed by atoms with Crippen LogP contribution in [0.1, 0.15) is 31.1 Å². The number of morpholine rings is 1. The van der Waals surface area contributed by atoms with Gasteiger partial charge < -0.3 is 9.64 Å². The third-order valence-corrected chi connectivity index (χ3v) is 3.31. The largest absolute Gasteiger partial charge is 0.369 e. The van der Waals surface area contributed by atoms with Crippen LogP contribution in [0.2, 0.25) is 0 Å². The van der Waals surface area contributed by atoms with Crippen LogP contribution in [-0.4, -0.2) is 56.0 Å². The molecular weight excluding hydrogens is 258 g/mol. The van der Waals surface area contributed by atoms with Gasteiger partial charge in [0.1, 0.15) is 5.52 Å². The van der Waals surface area contributed by atoms with Crippen LogP contribution in [0.4, 0.5) is 0 Å². The van der Waals surface area contributed by atoms with Gasteiger partial charge in [-0.3, -0.25) is 4.79 Å². The van der Waals surface area contributed by atoms with Crippen molar-refractivity contribution in [1.29, 1.82) is 0 Å². The standard InChI is InChI=1S/C13H17N5O2/c1-8-6-18(7-13(2,3)20-8)12(19)9-4-5-14-11-10(9)15-17-16-11/h4-5,8H,6-7H2,1-3H3,(H,14,15,16,17). The lowest BCUT2D eigenvalue weighted by molar-refractivity contribution is -0.118. The average molecular weight is 275 g/mol. The number of H-pyrrole nitrogens is 1. The van der Waals surface area contributed by atoms with E-state index >= 15 is 0 Å². The molecule has 0 saturated carbocycles. The molecule has 2 aromatic rings. The summed E-state index contributed by atoms with van der Waals surface area (Å²) in [6, 6.07) is 1.68. The summed E-state index contributed by atoms with van der Waals surface area (Å²) in [6.45, 7) is 7.07. The first-order valence-corrected chi connectivity index (χ1v) is 6.59. The normalized spacial score (nSPS) is 22.1. The highest BCUT2D eigenvalue weighted by molar-refractivity contribution is 6.03. The van der Waals surface area contributed by atoms with E-state index in [1.165, 1.54) is 0 Å². The molecule has 1 atom stereocenters. The zero-order valence-corrected chi connectivity index (χ0v) is 11.8. The molecule has 0 bridgehead atoms. The number of aromatic nitrogens is 4. The number of pyridine rings is 1. The highest BCUT2D eigenvalue weighted by atomic mass is 16.5. The lowest BCUT2D eigenvalue weighted by Crippen LogP contribution is -2.53. The molecule has 20 heavy (non-hydrogen) atoms. The Kier molecular flexibility index (Phi) is 2.93. The summed E-state index contributed by atoms with van der Waals surface area (Å²) in [4.78, 5) is 18.6. The second-order valence-electron chi connectivity index (χ2n) is 5.73. The molecule has 1 unspecified atom stereocenters. The van der Waals surface area contributed by atoms with Crippen molar-refractivity contribution in [2.45, 2.75) is 32.5 Å². The summed E-state index contributed by atoms with van der Waals surface area (Å²) in [5, 5.41) is 10.4. The van der Waals surface area contributed by atoms with Crippen LogP contribution in [0.25, 0.3) is 11.2 Å². The van der Waals surface area contributed by atoms with Gasteiger partial charge in [0.2, 0.25) is 5.65 Å². The van der Waals surface area contributed by atoms with E-state index < -0.39 is 0 Å². The Hall–Kier alpha value is -2.02. The second kappa shape index (κ2) is 4.52. The lowest BCUT2D eigenvalue weighted by atomic mass is 10.0. The van der Waals surface area contributed by atoms with Crippen LogP contribution < -0.4 is 0 Å². The molecule has 3 heterocycles. The van der Waals surface area contributed by atoms with E-state index in [0.717, 1.165) is 0 Å². The summed E-state index contributed by atoms with van der Waals surface area (Å²) < 4.78 is 5.82. The van der Waals surface area contributed by atoms with E-state index in [1.807, 2.05) is 20.8 Å². The maximum absolute atomic E-state index is 12.7. The van der Waals surface area contributed by atoms with Crippen LogP contribution in [0, 0.1) is 0 Å². The second-order valence-corrected chi connectivity index (χ2v) is 5.73. The van der Waals surface area contributed by atoms with Gasteiger partial charge in [-0.05, 0) is 26.8 Å². The fourth-order valence-electron chi connectivity index (χ4n) is 2.71. The molecule has 1 aliphatic heterocycles. The van der Waals surface area contributed by atoms with Crippen molar-refractivity contribution in [1.82, 2.24) is 25.3 Å². The van der Waals surface area contributed by atoms with Gasteiger partial charge in [0.15, 0.2) is 0 Å². The van der Waals surface area contributed by atoms with Gasteiger partial charge in [-0.25, -0.2) is 4.98 Å². The highest BCUT2D eigenvalue weighted by Gasteiger charge is 2.34. The molecule has 3 rings (SSSR count). The van der Waals surface area contributed by atoms with Crippen LogP contribution in [0.5, 0.6) is 0 Å². The molecule has 1 saturated heterocycles. The van der Waals surface area contributed by atoms with Gasteiger partial charge in [-0.15, -0.1) is 5.10 Å². The van der Waals surface area contributed by atoms with Gasteiger partial charge >= 0.3 is 0 Å². The van der Waals surface area contributed by atoms with Crippen molar-refractivity contribution >= 4 is 17.1 Å². The Bertz CT molecular complexity index is 651. The first-order chi connectivity index (χ1) is 9.46. The van der Waals surface area contributed by atoms with Crippen molar-refractivity contribution in [3.05, 3.63) is 17.8 Å². The van der Waals surface area contributed by atoms with E-state index in [-0.39, 0.29) is 17.6 Å². The first-order valence-electron chi connectivity index (χ1n) is 6.59. The van der Waals surface area contributed by atoms with Crippen molar-refractivity contribution in [3.8, 4) is 0 Å². The summed E-state index contributed by atoms with van der Waals surface area (Å²) in [5.74, 6) is -0.0606. The van der Waals surface area contributed by atoms with Gasteiger partial charge in [-0.1, -0.05) is 0 Å². The van der Waals surface area contributed by atoms with E-state index in [2.05, 4.69) is 20.4 Å². The van der Waals surface area contributed by atoms with E-state index in [1.54, 1.807) is 17.2 Å². The molecule has 1 aliphatic rings. The van der Waals surface area contributed by atoms with Crippen molar-refractivity contribution < 1.29 is 9.53 Å². The number of fused-ring (bicyclic) bond motifs is 1. The maximum Gasteiger partial charge on any atom is 0.256 e. The predicted molar refractivity (Wildman–Crippen MR) is 72.2 cm³/mol. The minimum absolute atomic E-state index is 0.0114. The molecule has 1 N–H and O–H groups in total. The number of carbonyl (C=O) groups excluding carboxylic acids is 1. The first kappa shape index (κ1) is 13.0. The molecule has 0 radical (unpaired) electrons. The smallest absolute Gasteiger partial charge is 0.256 e. The predicted octanol–water partition coefficient (Wildman–Crippen LogP) is 0.992. The van der Waals surface area contributed by atoms with Gasteiger partial charge in [0, 0.05) is 19.3 Å².